The van der Waals surface area contributed by atoms with E-state index in [1.807, 2.05) is 0 Å². The van der Waals surface area contributed by atoms with Crippen LogP contribution in [-0.4, -0.2) is 30.8 Å². The van der Waals surface area contributed by atoms with E-state index < -0.39 is 42.6 Å². The Hall–Kier alpha value is -1.80. The van der Waals surface area contributed by atoms with Gasteiger partial charge in [-0.2, -0.15) is 0 Å². The monoisotopic (exact) mass is 337 g/mol. The minimum Gasteiger partial charge on any atom is -0.349 e. The fourth-order valence-electron chi connectivity index (χ4n) is 2.08. The van der Waals surface area contributed by atoms with Crippen LogP contribution in [0.4, 0.5) is 18.9 Å². The molecule has 22 heavy (non-hydrogen) atoms. The SMILES string of the molecule is Cl.NCC(F)(F)CNC(=O)C1CC(=O)Nc2cc(F)ccc21. The second kappa shape index (κ2) is 6.97. The van der Waals surface area contributed by atoms with Crippen molar-refractivity contribution in [3.63, 3.8) is 0 Å². The molecule has 2 rings (SSSR count). The number of nitrogens with two attached hydrogens (primary N) is 1. The zero-order valence-electron chi connectivity index (χ0n) is 11.4. The number of carbonyl (C=O) groups excluding carboxylic acids is 2. The predicted molar refractivity (Wildman–Crippen MR) is 76.6 cm³/mol. The third-order valence-corrected chi connectivity index (χ3v) is 3.19. The highest BCUT2D eigenvalue weighted by Crippen LogP contribution is 2.32. The van der Waals surface area contributed by atoms with Crippen molar-refractivity contribution in [1.29, 1.82) is 0 Å². The summed E-state index contributed by atoms with van der Waals surface area (Å²) in [6, 6.07) is 3.58. The van der Waals surface area contributed by atoms with Gasteiger partial charge in [0.25, 0.3) is 5.92 Å². The Bertz CT molecular complexity index is 584. The van der Waals surface area contributed by atoms with E-state index in [1.54, 1.807) is 0 Å². The van der Waals surface area contributed by atoms with E-state index in [0.717, 1.165) is 12.1 Å². The summed E-state index contributed by atoms with van der Waals surface area (Å²) in [4.78, 5) is 23.5. The maximum absolute atomic E-state index is 13.1. The van der Waals surface area contributed by atoms with Crippen LogP contribution in [-0.2, 0) is 9.59 Å². The molecule has 0 aliphatic carbocycles. The largest absolute Gasteiger partial charge is 0.349 e. The zero-order chi connectivity index (χ0) is 15.6. The van der Waals surface area contributed by atoms with Gasteiger partial charge in [-0.05, 0) is 17.7 Å². The van der Waals surface area contributed by atoms with Crippen molar-refractivity contribution >= 4 is 29.9 Å². The highest BCUT2D eigenvalue weighted by Gasteiger charge is 2.33. The zero-order valence-corrected chi connectivity index (χ0v) is 12.2. The lowest BCUT2D eigenvalue weighted by molar-refractivity contribution is -0.127. The summed E-state index contributed by atoms with van der Waals surface area (Å²) in [5, 5.41) is 4.52. The average molecular weight is 338 g/mol. The second-order valence-corrected chi connectivity index (χ2v) is 4.81. The van der Waals surface area contributed by atoms with Gasteiger partial charge in [0, 0.05) is 12.1 Å². The molecule has 0 aromatic heterocycles. The van der Waals surface area contributed by atoms with E-state index in [-0.39, 0.29) is 24.5 Å². The first-order chi connectivity index (χ1) is 9.82. The summed E-state index contributed by atoms with van der Waals surface area (Å²) in [6.07, 6.45) is -0.182. The molecule has 0 fully saturated rings. The number of hydrogen-bond donors (Lipinski definition) is 3. The molecule has 0 saturated heterocycles. The standard InChI is InChI=1S/C13H14F3N3O2.ClH/c14-7-1-2-8-9(4-11(20)19-10(8)3-7)12(21)18-6-13(15,16)5-17;/h1-3,9H,4-6,17H2,(H,18,21)(H,19,20);1H. The van der Waals surface area contributed by atoms with Gasteiger partial charge >= 0.3 is 0 Å². The number of carbonyl (C=O) groups is 2. The van der Waals surface area contributed by atoms with Gasteiger partial charge in [-0.1, -0.05) is 6.07 Å². The molecule has 0 bridgehead atoms. The summed E-state index contributed by atoms with van der Waals surface area (Å²) < 4.78 is 39.2. The summed E-state index contributed by atoms with van der Waals surface area (Å²) in [5.74, 6) is -5.89. The van der Waals surface area contributed by atoms with Crippen molar-refractivity contribution in [2.45, 2.75) is 18.3 Å². The van der Waals surface area contributed by atoms with Gasteiger partial charge in [-0.25, -0.2) is 13.2 Å². The van der Waals surface area contributed by atoms with Crippen LogP contribution in [0.25, 0.3) is 0 Å². The van der Waals surface area contributed by atoms with Crippen LogP contribution in [0.3, 0.4) is 0 Å². The van der Waals surface area contributed by atoms with E-state index in [2.05, 4.69) is 10.6 Å². The van der Waals surface area contributed by atoms with E-state index in [4.69, 9.17) is 5.73 Å². The van der Waals surface area contributed by atoms with E-state index in [1.165, 1.54) is 6.07 Å². The Labute approximate surface area is 130 Å². The van der Waals surface area contributed by atoms with Crippen LogP contribution in [0.5, 0.6) is 0 Å². The Morgan fingerprint density at radius 2 is 2.14 bits per heavy atom. The van der Waals surface area contributed by atoms with Crippen LogP contribution < -0.4 is 16.4 Å². The molecular formula is C13H15ClF3N3O2. The lowest BCUT2D eigenvalue weighted by atomic mass is 9.89. The van der Waals surface area contributed by atoms with Gasteiger partial charge in [0.2, 0.25) is 11.8 Å². The number of halogens is 4. The lowest BCUT2D eigenvalue weighted by Gasteiger charge is -2.25. The van der Waals surface area contributed by atoms with E-state index >= 15 is 0 Å². The number of benzene rings is 1. The van der Waals surface area contributed by atoms with Crippen molar-refractivity contribution in [2.24, 2.45) is 5.73 Å². The van der Waals surface area contributed by atoms with Gasteiger partial charge in [0.15, 0.2) is 0 Å². The minimum atomic E-state index is -3.21. The van der Waals surface area contributed by atoms with Crippen LogP contribution in [0, 0.1) is 5.82 Å². The third-order valence-electron chi connectivity index (χ3n) is 3.19. The van der Waals surface area contributed by atoms with Crippen molar-refractivity contribution < 1.29 is 22.8 Å². The van der Waals surface area contributed by atoms with Gasteiger partial charge < -0.3 is 16.4 Å². The minimum absolute atomic E-state index is 0. The Morgan fingerprint density at radius 3 is 2.77 bits per heavy atom. The Balaban J connectivity index is 0.00000242. The first kappa shape index (κ1) is 18.2. The molecule has 5 nitrogen and oxygen atoms in total. The fraction of sp³-hybridized carbons (Fsp3) is 0.385. The number of hydrogen-bond acceptors (Lipinski definition) is 3. The third kappa shape index (κ3) is 4.11. The summed E-state index contributed by atoms with van der Waals surface area (Å²) >= 11 is 0. The summed E-state index contributed by atoms with van der Waals surface area (Å²) in [6.45, 7) is -1.79. The first-order valence-corrected chi connectivity index (χ1v) is 6.27. The van der Waals surface area contributed by atoms with Crippen LogP contribution in [0.1, 0.15) is 17.9 Å². The number of amides is 2. The lowest BCUT2D eigenvalue weighted by Crippen LogP contribution is -2.44. The molecule has 1 aliphatic rings. The van der Waals surface area contributed by atoms with Gasteiger partial charge in [0.05, 0.1) is 19.0 Å². The molecule has 0 radical (unpaired) electrons. The number of rotatable bonds is 4. The normalized spacial score (nSPS) is 17.1. The highest BCUT2D eigenvalue weighted by molar-refractivity contribution is 6.01. The van der Waals surface area contributed by atoms with Crippen molar-refractivity contribution in [2.75, 3.05) is 18.4 Å². The molecule has 1 aromatic rings. The molecule has 0 saturated carbocycles. The van der Waals surface area contributed by atoms with Crippen molar-refractivity contribution in [1.82, 2.24) is 5.32 Å². The van der Waals surface area contributed by atoms with Crippen LogP contribution in [0.2, 0.25) is 0 Å². The molecule has 9 heteroatoms. The second-order valence-electron chi connectivity index (χ2n) is 4.81. The van der Waals surface area contributed by atoms with Gasteiger partial charge in [-0.3, -0.25) is 9.59 Å². The molecule has 1 aromatic carbocycles. The molecule has 1 aliphatic heterocycles. The molecule has 2 amide bonds. The van der Waals surface area contributed by atoms with Crippen molar-refractivity contribution in [3.05, 3.63) is 29.6 Å². The Kier molecular flexibility index (Phi) is 5.78. The topological polar surface area (TPSA) is 84.2 Å². The molecule has 1 heterocycles. The fourth-order valence-corrected chi connectivity index (χ4v) is 2.08. The average Bonchev–Trinajstić information content (AvgIpc) is 2.43. The molecule has 1 atom stereocenters. The van der Waals surface area contributed by atoms with Crippen LogP contribution in [0.15, 0.2) is 18.2 Å². The first-order valence-electron chi connectivity index (χ1n) is 6.27. The Morgan fingerprint density at radius 1 is 1.45 bits per heavy atom. The smallest absolute Gasteiger partial charge is 0.277 e. The summed E-state index contributed by atoms with van der Waals surface area (Å²) in [7, 11) is 0. The maximum atomic E-state index is 13.1. The quantitative estimate of drug-likeness (QED) is 0.776. The number of nitrogens with one attached hydrogen (secondary N) is 2. The van der Waals surface area contributed by atoms with E-state index in [9.17, 15) is 22.8 Å². The number of fused-ring (bicyclic) bond motifs is 1. The highest BCUT2D eigenvalue weighted by atomic mass is 35.5. The van der Waals surface area contributed by atoms with Crippen molar-refractivity contribution in [3.8, 4) is 0 Å². The molecule has 1 unspecified atom stereocenters. The molecular weight excluding hydrogens is 323 g/mol. The molecule has 4 N–H and O–H groups in total. The van der Waals surface area contributed by atoms with Crippen LogP contribution >= 0.6 is 12.4 Å². The molecule has 122 valence electrons. The maximum Gasteiger partial charge on any atom is 0.277 e. The number of anilines is 1. The molecule has 0 spiro atoms. The number of alkyl halides is 2. The van der Waals surface area contributed by atoms with Gasteiger partial charge in [0.1, 0.15) is 5.82 Å². The predicted octanol–water partition coefficient (Wildman–Crippen LogP) is 1.38. The van der Waals surface area contributed by atoms with E-state index in [0.29, 0.717) is 5.56 Å². The van der Waals surface area contributed by atoms with Gasteiger partial charge in [-0.15, -0.1) is 12.4 Å². The summed E-state index contributed by atoms with van der Waals surface area (Å²) in [5.41, 5.74) is 5.45.